The first-order valence-corrected chi connectivity index (χ1v) is 6.88. The van der Waals surface area contributed by atoms with Gasteiger partial charge in [0.05, 0.1) is 23.9 Å². The minimum atomic E-state index is -0.342. The lowest BCUT2D eigenvalue weighted by Gasteiger charge is -2.21. The normalized spacial score (nSPS) is 12.0. The molecular formula is C16H17ClFNO. The van der Waals surface area contributed by atoms with E-state index in [9.17, 15) is 4.39 Å². The average Bonchev–Trinajstić information content (AvgIpc) is 2.46. The highest BCUT2D eigenvalue weighted by Gasteiger charge is 2.15. The number of hydrogen-bond acceptors (Lipinski definition) is 2. The molecule has 20 heavy (non-hydrogen) atoms. The molecule has 2 aromatic rings. The molecule has 0 aliphatic heterocycles. The van der Waals surface area contributed by atoms with Crippen LogP contribution in [-0.2, 0) is 0 Å². The van der Waals surface area contributed by atoms with Crippen LogP contribution in [0.2, 0.25) is 5.02 Å². The van der Waals surface area contributed by atoms with Crippen molar-refractivity contribution in [2.24, 2.45) is 0 Å². The molecule has 0 bridgehead atoms. The number of para-hydroxylation sites is 1. The Morgan fingerprint density at radius 3 is 2.65 bits per heavy atom. The summed E-state index contributed by atoms with van der Waals surface area (Å²) in [5.74, 6) is 0.482. The zero-order valence-corrected chi connectivity index (χ0v) is 12.2. The van der Waals surface area contributed by atoms with Crippen molar-refractivity contribution < 1.29 is 9.13 Å². The van der Waals surface area contributed by atoms with Gasteiger partial charge in [0.1, 0.15) is 11.6 Å². The standard InChI is InChI=1S/C16H17ClFNO/c1-3-14(12-6-4-5-7-16(12)20-2)19-15-9-8-11(18)10-13(15)17/h4-10,14,19H,3H2,1-2H3. The molecule has 0 saturated carbocycles. The van der Waals surface area contributed by atoms with Gasteiger partial charge in [-0.05, 0) is 30.7 Å². The van der Waals surface area contributed by atoms with E-state index >= 15 is 0 Å². The summed E-state index contributed by atoms with van der Waals surface area (Å²) in [7, 11) is 1.65. The molecule has 106 valence electrons. The molecule has 4 heteroatoms. The van der Waals surface area contributed by atoms with E-state index in [1.54, 1.807) is 13.2 Å². The zero-order chi connectivity index (χ0) is 14.5. The lowest BCUT2D eigenvalue weighted by Crippen LogP contribution is -2.11. The fourth-order valence-corrected chi connectivity index (χ4v) is 2.37. The van der Waals surface area contributed by atoms with Crippen LogP contribution in [0, 0.1) is 5.82 Å². The fourth-order valence-electron chi connectivity index (χ4n) is 2.15. The predicted molar refractivity (Wildman–Crippen MR) is 81.1 cm³/mol. The van der Waals surface area contributed by atoms with Crippen LogP contribution in [0.3, 0.4) is 0 Å². The highest BCUT2D eigenvalue weighted by atomic mass is 35.5. The SMILES string of the molecule is CCC(Nc1ccc(F)cc1Cl)c1ccccc1OC. The first-order valence-electron chi connectivity index (χ1n) is 6.50. The van der Waals surface area contributed by atoms with E-state index in [1.807, 2.05) is 24.3 Å². The van der Waals surface area contributed by atoms with Crippen LogP contribution >= 0.6 is 11.6 Å². The van der Waals surface area contributed by atoms with Crippen molar-refractivity contribution in [1.82, 2.24) is 0 Å². The summed E-state index contributed by atoms with van der Waals surface area (Å²) in [5, 5.41) is 3.71. The van der Waals surface area contributed by atoms with Gasteiger partial charge in [0, 0.05) is 5.56 Å². The number of hydrogen-bond donors (Lipinski definition) is 1. The van der Waals surface area contributed by atoms with E-state index in [4.69, 9.17) is 16.3 Å². The molecule has 1 atom stereocenters. The number of methoxy groups -OCH3 is 1. The molecule has 0 aliphatic rings. The largest absolute Gasteiger partial charge is 0.496 e. The summed E-state index contributed by atoms with van der Waals surface area (Å²) >= 11 is 6.06. The van der Waals surface area contributed by atoms with Gasteiger partial charge in [-0.25, -0.2) is 4.39 Å². The highest BCUT2D eigenvalue weighted by molar-refractivity contribution is 6.33. The number of rotatable bonds is 5. The summed E-state index contributed by atoms with van der Waals surface area (Å²) < 4.78 is 18.5. The van der Waals surface area contributed by atoms with Crippen LogP contribution in [0.4, 0.5) is 10.1 Å². The van der Waals surface area contributed by atoms with Gasteiger partial charge in [-0.1, -0.05) is 36.7 Å². The van der Waals surface area contributed by atoms with Gasteiger partial charge in [-0.2, -0.15) is 0 Å². The van der Waals surface area contributed by atoms with Crippen LogP contribution < -0.4 is 10.1 Å². The average molecular weight is 294 g/mol. The molecule has 2 rings (SSSR count). The first kappa shape index (κ1) is 14.7. The van der Waals surface area contributed by atoms with Gasteiger partial charge in [-0.15, -0.1) is 0 Å². The Balaban J connectivity index is 2.29. The molecule has 0 amide bonds. The quantitative estimate of drug-likeness (QED) is 0.833. The molecule has 0 radical (unpaired) electrons. The third kappa shape index (κ3) is 3.23. The second-order valence-electron chi connectivity index (χ2n) is 4.47. The van der Waals surface area contributed by atoms with Crippen LogP contribution in [0.5, 0.6) is 5.75 Å². The Hall–Kier alpha value is -1.74. The summed E-state index contributed by atoms with van der Waals surface area (Å²) in [5.41, 5.74) is 1.77. The molecule has 1 N–H and O–H groups in total. The van der Waals surface area contributed by atoms with Crippen LogP contribution in [0.1, 0.15) is 24.9 Å². The van der Waals surface area contributed by atoms with Crippen LogP contribution in [0.15, 0.2) is 42.5 Å². The second kappa shape index (κ2) is 6.62. The molecule has 0 spiro atoms. The third-order valence-corrected chi connectivity index (χ3v) is 3.50. The Morgan fingerprint density at radius 2 is 2.00 bits per heavy atom. The number of ether oxygens (including phenoxy) is 1. The Labute approximate surface area is 123 Å². The molecule has 0 saturated heterocycles. The molecule has 0 aromatic heterocycles. The summed E-state index contributed by atoms with van der Waals surface area (Å²) in [4.78, 5) is 0. The van der Waals surface area contributed by atoms with Crippen molar-refractivity contribution in [3.8, 4) is 5.75 Å². The predicted octanol–water partition coefficient (Wildman–Crippen LogP) is 5.05. The van der Waals surface area contributed by atoms with E-state index in [0.29, 0.717) is 10.7 Å². The Morgan fingerprint density at radius 1 is 1.25 bits per heavy atom. The molecule has 0 aliphatic carbocycles. The van der Waals surface area contributed by atoms with Crippen molar-refractivity contribution in [3.05, 3.63) is 58.9 Å². The number of nitrogens with one attached hydrogen (secondary N) is 1. The Bertz CT molecular complexity index is 588. The molecule has 2 aromatic carbocycles. The highest BCUT2D eigenvalue weighted by Crippen LogP contribution is 2.32. The van der Waals surface area contributed by atoms with Gasteiger partial charge in [0.2, 0.25) is 0 Å². The fraction of sp³-hybridized carbons (Fsp3) is 0.250. The first-order chi connectivity index (χ1) is 9.65. The molecule has 2 nitrogen and oxygen atoms in total. The van der Waals surface area contributed by atoms with Crippen molar-refractivity contribution in [2.75, 3.05) is 12.4 Å². The topological polar surface area (TPSA) is 21.3 Å². The van der Waals surface area contributed by atoms with Crippen molar-refractivity contribution in [3.63, 3.8) is 0 Å². The van der Waals surface area contributed by atoms with Crippen molar-refractivity contribution >= 4 is 17.3 Å². The molecular weight excluding hydrogens is 277 g/mol. The minimum Gasteiger partial charge on any atom is -0.496 e. The van der Waals surface area contributed by atoms with Crippen molar-refractivity contribution in [2.45, 2.75) is 19.4 Å². The van der Waals surface area contributed by atoms with Crippen molar-refractivity contribution in [1.29, 1.82) is 0 Å². The van der Waals surface area contributed by atoms with E-state index in [0.717, 1.165) is 17.7 Å². The smallest absolute Gasteiger partial charge is 0.124 e. The maximum Gasteiger partial charge on any atom is 0.124 e. The van der Waals surface area contributed by atoms with Crippen LogP contribution in [-0.4, -0.2) is 7.11 Å². The number of anilines is 1. The maximum absolute atomic E-state index is 13.1. The zero-order valence-electron chi connectivity index (χ0n) is 11.5. The van der Waals surface area contributed by atoms with Gasteiger partial charge in [0.25, 0.3) is 0 Å². The van der Waals surface area contributed by atoms with Crippen LogP contribution in [0.25, 0.3) is 0 Å². The number of halogens is 2. The van der Waals surface area contributed by atoms with Gasteiger partial charge in [0.15, 0.2) is 0 Å². The second-order valence-corrected chi connectivity index (χ2v) is 4.88. The summed E-state index contributed by atoms with van der Waals surface area (Å²) in [6, 6.07) is 12.2. The van der Waals surface area contributed by atoms with E-state index in [2.05, 4.69) is 12.2 Å². The number of benzene rings is 2. The summed E-state index contributed by atoms with van der Waals surface area (Å²) in [6.45, 7) is 2.07. The molecule has 1 unspecified atom stereocenters. The third-order valence-electron chi connectivity index (χ3n) is 3.18. The van der Waals surface area contributed by atoms with Gasteiger partial charge >= 0.3 is 0 Å². The van der Waals surface area contributed by atoms with E-state index < -0.39 is 0 Å². The molecule has 0 fully saturated rings. The summed E-state index contributed by atoms with van der Waals surface area (Å²) in [6.07, 6.45) is 0.855. The lowest BCUT2D eigenvalue weighted by molar-refractivity contribution is 0.406. The molecule has 0 heterocycles. The van der Waals surface area contributed by atoms with Gasteiger partial charge < -0.3 is 10.1 Å². The van der Waals surface area contributed by atoms with Gasteiger partial charge in [-0.3, -0.25) is 0 Å². The monoisotopic (exact) mass is 293 g/mol. The minimum absolute atomic E-state index is 0.0501. The maximum atomic E-state index is 13.1. The lowest BCUT2D eigenvalue weighted by atomic mass is 10.0. The van der Waals surface area contributed by atoms with E-state index in [-0.39, 0.29) is 11.9 Å². The Kier molecular flexibility index (Phi) is 4.85. The van der Waals surface area contributed by atoms with E-state index in [1.165, 1.54) is 12.1 Å².